The maximum atomic E-state index is 10.3. The van der Waals surface area contributed by atoms with Gasteiger partial charge < -0.3 is 19.9 Å². The van der Waals surface area contributed by atoms with Crippen molar-refractivity contribution in [3.63, 3.8) is 0 Å². The van der Waals surface area contributed by atoms with E-state index >= 15 is 0 Å². The Balaban J connectivity index is 2.10. The quantitative estimate of drug-likeness (QED) is 0.593. The first-order valence-electron chi connectivity index (χ1n) is 5.24. The summed E-state index contributed by atoms with van der Waals surface area (Å²) in [6.45, 7) is 2.82. The SMILES string of the molecule is Cc1ccc(CCNCC(O)CC(=O)O)o1. The molecule has 90 valence electrons. The number of carboxylic acids is 1. The van der Waals surface area contributed by atoms with Gasteiger partial charge in [0, 0.05) is 19.5 Å². The van der Waals surface area contributed by atoms with Gasteiger partial charge >= 0.3 is 5.97 Å². The number of hydrogen-bond acceptors (Lipinski definition) is 4. The molecule has 16 heavy (non-hydrogen) atoms. The molecule has 0 aliphatic rings. The summed E-state index contributed by atoms with van der Waals surface area (Å²) < 4.78 is 5.36. The Morgan fingerprint density at radius 3 is 2.88 bits per heavy atom. The van der Waals surface area contributed by atoms with Crippen LogP contribution in [0.5, 0.6) is 0 Å². The Hall–Kier alpha value is -1.33. The lowest BCUT2D eigenvalue weighted by Gasteiger charge is -2.08. The van der Waals surface area contributed by atoms with Gasteiger partial charge in [-0.25, -0.2) is 0 Å². The minimum Gasteiger partial charge on any atom is -0.481 e. The molecule has 1 heterocycles. The zero-order valence-corrected chi connectivity index (χ0v) is 9.27. The fraction of sp³-hybridized carbons (Fsp3) is 0.545. The Bertz CT molecular complexity index is 334. The van der Waals surface area contributed by atoms with Crippen molar-refractivity contribution in [1.29, 1.82) is 0 Å². The van der Waals surface area contributed by atoms with Crippen LogP contribution >= 0.6 is 0 Å². The number of carbonyl (C=O) groups is 1. The van der Waals surface area contributed by atoms with Crippen LogP contribution in [0.1, 0.15) is 17.9 Å². The maximum Gasteiger partial charge on any atom is 0.306 e. The Labute approximate surface area is 94.1 Å². The van der Waals surface area contributed by atoms with Crippen LogP contribution in [0, 0.1) is 6.92 Å². The molecule has 5 heteroatoms. The first-order chi connectivity index (χ1) is 7.58. The molecular formula is C11H17NO4. The molecule has 1 rings (SSSR count). The highest BCUT2D eigenvalue weighted by atomic mass is 16.4. The lowest BCUT2D eigenvalue weighted by Crippen LogP contribution is -2.30. The van der Waals surface area contributed by atoms with Gasteiger partial charge in [0.1, 0.15) is 11.5 Å². The molecule has 0 saturated carbocycles. The number of nitrogens with one attached hydrogen (secondary N) is 1. The summed E-state index contributed by atoms with van der Waals surface area (Å²) in [7, 11) is 0. The highest BCUT2D eigenvalue weighted by Crippen LogP contribution is 2.05. The fourth-order valence-electron chi connectivity index (χ4n) is 1.37. The molecule has 0 aliphatic heterocycles. The highest BCUT2D eigenvalue weighted by molar-refractivity contribution is 5.67. The van der Waals surface area contributed by atoms with E-state index in [9.17, 15) is 9.90 Å². The van der Waals surface area contributed by atoms with Gasteiger partial charge in [-0.05, 0) is 19.1 Å². The number of aryl methyl sites for hydroxylation is 1. The van der Waals surface area contributed by atoms with E-state index in [2.05, 4.69) is 5.32 Å². The molecule has 1 aromatic rings. The predicted octanol–water partition coefficient (Wildman–Crippen LogP) is 0.556. The zero-order chi connectivity index (χ0) is 12.0. The molecule has 0 fully saturated rings. The lowest BCUT2D eigenvalue weighted by atomic mass is 10.2. The third kappa shape index (κ3) is 4.95. The molecule has 0 spiro atoms. The Morgan fingerprint density at radius 2 is 2.31 bits per heavy atom. The number of aliphatic hydroxyl groups is 1. The minimum atomic E-state index is -0.990. The molecule has 0 amide bonds. The molecule has 0 aliphatic carbocycles. The van der Waals surface area contributed by atoms with Crippen molar-refractivity contribution in [3.8, 4) is 0 Å². The molecule has 3 N–H and O–H groups in total. The van der Waals surface area contributed by atoms with Crippen molar-refractivity contribution in [2.24, 2.45) is 0 Å². The van der Waals surface area contributed by atoms with Gasteiger partial charge in [-0.3, -0.25) is 4.79 Å². The number of furan rings is 1. The van der Waals surface area contributed by atoms with Crippen LogP contribution in [0.15, 0.2) is 16.5 Å². The van der Waals surface area contributed by atoms with E-state index in [1.807, 2.05) is 19.1 Å². The van der Waals surface area contributed by atoms with E-state index in [0.29, 0.717) is 6.54 Å². The third-order valence-electron chi connectivity index (χ3n) is 2.13. The van der Waals surface area contributed by atoms with Crippen molar-refractivity contribution in [3.05, 3.63) is 23.7 Å². The van der Waals surface area contributed by atoms with Gasteiger partial charge in [0.05, 0.1) is 12.5 Å². The average molecular weight is 227 g/mol. The molecule has 0 radical (unpaired) electrons. The van der Waals surface area contributed by atoms with E-state index in [1.165, 1.54) is 0 Å². The van der Waals surface area contributed by atoms with Crippen molar-refractivity contribution in [1.82, 2.24) is 5.32 Å². The monoisotopic (exact) mass is 227 g/mol. The van der Waals surface area contributed by atoms with Crippen molar-refractivity contribution in [2.45, 2.75) is 25.9 Å². The number of hydrogen-bond donors (Lipinski definition) is 3. The summed E-state index contributed by atoms with van der Waals surface area (Å²) >= 11 is 0. The van der Waals surface area contributed by atoms with Gasteiger partial charge in [0.25, 0.3) is 0 Å². The molecule has 0 aromatic carbocycles. The first kappa shape index (κ1) is 12.7. The van der Waals surface area contributed by atoms with Crippen molar-refractivity contribution in [2.75, 3.05) is 13.1 Å². The smallest absolute Gasteiger partial charge is 0.306 e. The number of rotatable bonds is 7. The summed E-state index contributed by atoms with van der Waals surface area (Å²) in [5.74, 6) is 0.773. The summed E-state index contributed by atoms with van der Waals surface area (Å²) in [5.41, 5.74) is 0. The van der Waals surface area contributed by atoms with Crippen LogP contribution in [0.3, 0.4) is 0 Å². The summed E-state index contributed by atoms with van der Waals surface area (Å²) in [6, 6.07) is 3.80. The van der Waals surface area contributed by atoms with Crippen LogP contribution < -0.4 is 5.32 Å². The minimum absolute atomic E-state index is 0.229. The zero-order valence-electron chi connectivity index (χ0n) is 9.27. The lowest BCUT2D eigenvalue weighted by molar-refractivity contribution is -0.139. The average Bonchev–Trinajstić information content (AvgIpc) is 2.58. The standard InChI is InChI=1S/C11H17NO4/c1-8-2-3-10(16-8)4-5-12-7-9(13)6-11(14)15/h2-3,9,12-13H,4-7H2,1H3,(H,14,15). The Kier molecular flexibility index (Phi) is 5.01. The normalized spacial score (nSPS) is 12.6. The van der Waals surface area contributed by atoms with Crippen LogP contribution in [0.2, 0.25) is 0 Å². The van der Waals surface area contributed by atoms with Crippen molar-refractivity contribution >= 4 is 5.97 Å². The molecular weight excluding hydrogens is 210 g/mol. The first-order valence-corrected chi connectivity index (χ1v) is 5.24. The van der Waals surface area contributed by atoms with Crippen LogP contribution in [-0.2, 0) is 11.2 Å². The second kappa shape index (κ2) is 6.30. The predicted molar refractivity (Wildman–Crippen MR) is 58.3 cm³/mol. The second-order valence-electron chi connectivity index (χ2n) is 3.72. The van der Waals surface area contributed by atoms with Gasteiger partial charge in [-0.1, -0.05) is 0 Å². The van der Waals surface area contributed by atoms with E-state index in [0.717, 1.165) is 17.9 Å². The maximum absolute atomic E-state index is 10.3. The van der Waals surface area contributed by atoms with Crippen LogP contribution in [0.4, 0.5) is 0 Å². The third-order valence-corrected chi connectivity index (χ3v) is 2.13. The number of aliphatic hydroxyl groups excluding tert-OH is 1. The molecule has 5 nitrogen and oxygen atoms in total. The number of aliphatic carboxylic acids is 1. The molecule has 0 saturated heterocycles. The molecule has 1 unspecified atom stereocenters. The van der Waals surface area contributed by atoms with Gasteiger partial charge in [0.15, 0.2) is 0 Å². The summed E-state index contributed by atoms with van der Waals surface area (Å²) in [5, 5.41) is 20.6. The van der Waals surface area contributed by atoms with Gasteiger partial charge in [-0.15, -0.1) is 0 Å². The molecule has 0 bridgehead atoms. The van der Waals surface area contributed by atoms with E-state index < -0.39 is 12.1 Å². The Morgan fingerprint density at radius 1 is 1.56 bits per heavy atom. The van der Waals surface area contributed by atoms with Gasteiger partial charge in [0.2, 0.25) is 0 Å². The summed E-state index contributed by atoms with van der Waals surface area (Å²) in [6.07, 6.45) is -0.337. The number of carboxylic acid groups (broad SMARTS) is 1. The fourth-order valence-corrected chi connectivity index (χ4v) is 1.37. The topological polar surface area (TPSA) is 82.7 Å². The summed E-state index contributed by atoms with van der Waals surface area (Å²) in [4.78, 5) is 10.3. The molecule has 1 atom stereocenters. The van der Waals surface area contributed by atoms with E-state index in [4.69, 9.17) is 9.52 Å². The van der Waals surface area contributed by atoms with E-state index in [-0.39, 0.29) is 13.0 Å². The second-order valence-corrected chi connectivity index (χ2v) is 3.72. The van der Waals surface area contributed by atoms with Crippen LogP contribution in [-0.4, -0.2) is 35.4 Å². The van der Waals surface area contributed by atoms with Gasteiger partial charge in [-0.2, -0.15) is 0 Å². The van der Waals surface area contributed by atoms with E-state index in [1.54, 1.807) is 0 Å². The van der Waals surface area contributed by atoms with Crippen LogP contribution in [0.25, 0.3) is 0 Å². The van der Waals surface area contributed by atoms with Crippen molar-refractivity contribution < 1.29 is 19.4 Å². The largest absolute Gasteiger partial charge is 0.481 e. The molecule has 1 aromatic heterocycles. The highest BCUT2D eigenvalue weighted by Gasteiger charge is 2.08.